The maximum absolute atomic E-state index is 6.60. The molecule has 31 heavy (non-hydrogen) atoms. The summed E-state index contributed by atoms with van der Waals surface area (Å²) >= 11 is 3.81. The SMILES string of the molecule is CCCC(Cc1ccccc1OC)c1c(-c2ccccc2)c(N)nc2cccc(Br)c12. The number of hydrogen-bond acceptors (Lipinski definition) is 3. The molecule has 0 spiro atoms. The third-order valence-electron chi connectivity index (χ3n) is 5.79. The van der Waals surface area contributed by atoms with Gasteiger partial charge in [0.15, 0.2) is 0 Å². The third kappa shape index (κ3) is 4.31. The minimum Gasteiger partial charge on any atom is -0.496 e. The minimum atomic E-state index is 0.267. The van der Waals surface area contributed by atoms with E-state index in [4.69, 9.17) is 15.5 Å². The van der Waals surface area contributed by atoms with Crippen LogP contribution < -0.4 is 10.5 Å². The second-order valence-corrected chi connectivity index (χ2v) is 8.64. The number of benzene rings is 3. The van der Waals surface area contributed by atoms with Crippen molar-refractivity contribution in [2.24, 2.45) is 0 Å². The van der Waals surface area contributed by atoms with Crippen LogP contribution in [0, 0.1) is 0 Å². The molecular weight excluding hydrogens is 448 g/mol. The number of methoxy groups -OCH3 is 1. The predicted molar refractivity (Wildman–Crippen MR) is 134 cm³/mol. The van der Waals surface area contributed by atoms with Gasteiger partial charge in [-0.25, -0.2) is 4.98 Å². The summed E-state index contributed by atoms with van der Waals surface area (Å²) in [4.78, 5) is 4.78. The van der Waals surface area contributed by atoms with Crippen LogP contribution in [0.15, 0.2) is 77.3 Å². The molecule has 2 N–H and O–H groups in total. The van der Waals surface area contributed by atoms with Crippen LogP contribution in [0.2, 0.25) is 0 Å². The van der Waals surface area contributed by atoms with Crippen LogP contribution in [0.4, 0.5) is 5.82 Å². The molecule has 4 heteroatoms. The molecule has 0 saturated heterocycles. The van der Waals surface area contributed by atoms with Gasteiger partial charge in [-0.15, -0.1) is 0 Å². The highest BCUT2D eigenvalue weighted by atomic mass is 79.9. The average Bonchev–Trinajstić information content (AvgIpc) is 2.79. The number of para-hydroxylation sites is 1. The van der Waals surface area contributed by atoms with Gasteiger partial charge in [0, 0.05) is 15.4 Å². The number of fused-ring (bicyclic) bond motifs is 1. The fourth-order valence-electron chi connectivity index (χ4n) is 4.47. The van der Waals surface area contributed by atoms with E-state index in [-0.39, 0.29) is 5.92 Å². The molecule has 4 aromatic rings. The quantitative estimate of drug-likeness (QED) is 0.303. The van der Waals surface area contributed by atoms with Crippen molar-refractivity contribution in [3.63, 3.8) is 0 Å². The first-order valence-electron chi connectivity index (χ1n) is 10.7. The molecular formula is C27H27BrN2O. The maximum Gasteiger partial charge on any atom is 0.132 e. The summed E-state index contributed by atoms with van der Waals surface area (Å²) in [6.07, 6.45) is 2.98. The molecule has 3 nitrogen and oxygen atoms in total. The molecule has 0 saturated carbocycles. The van der Waals surface area contributed by atoms with Crippen LogP contribution in [0.5, 0.6) is 5.75 Å². The Bertz CT molecular complexity index is 1190. The van der Waals surface area contributed by atoms with Crippen LogP contribution in [0.25, 0.3) is 22.0 Å². The van der Waals surface area contributed by atoms with E-state index in [0.29, 0.717) is 5.82 Å². The smallest absolute Gasteiger partial charge is 0.132 e. The van der Waals surface area contributed by atoms with Gasteiger partial charge >= 0.3 is 0 Å². The largest absolute Gasteiger partial charge is 0.496 e. The van der Waals surface area contributed by atoms with Crippen molar-refractivity contribution in [2.45, 2.75) is 32.1 Å². The summed E-state index contributed by atoms with van der Waals surface area (Å²) in [5.74, 6) is 1.77. The summed E-state index contributed by atoms with van der Waals surface area (Å²) in [5, 5.41) is 1.14. The Morgan fingerprint density at radius 3 is 2.45 bits per heavy atom. The number of nitrogens with two attached hydrogens (primary N) is 1. The molecule has 1 heterocycles. The van der Waals surface area contributed by atoms with Gasteiger partial charge in [-0.3, -0.25) is 0 Å². The van der Waals surface area contributed by atoms with Crippen LogP contribution in [-0.4, -0.2) is 12.1 Å². The highest BCUT2D eigenvalue weighted by Gasteiger charge is 2.24. The van der Waals surface area contributed by atoms with Gasteiger partial charge in [0.05, 0.1) is 12.6 Å². The molecule has 4 rings (SSSR count). The third-order valence-corrected chi connectivity index (χ3v) is 6.45. The molecule has 1 atom stereocenters. The van der Waals surface area contributed by atoms with Crippen molar-refractivity contribution in [1.29, 1.82) is 0 Å². The Kier molecular flexibility index (Phi) is 6.57. The van der Waals surface area contributed by atoms with Crippen molar-refractivity contribution in [3.05, 3.63) is 88.4 Å². The Hall–Kier alpha value is -2.85. The monoisotopic (exact) mass is 474 g/mol. The first kappa shape index (κ1) is 21.4. The van der Waals surface area contributed by atoms with Crippen molar-refractivity contribution >= 4 is 32.7 Å². The number of pyridine rings is 1. The van der Waals surface area contributed by atoms with Crippen molar-refractivity contribution in [2.75, 3.05) is 12.8 Å². The predicted octanol–water partition coefficient (Wildman–Crippen LogP) is 7.38. The molecule has 0 aliphatic carbocycles. The number of nitrogen functional groups attached to an aromatic ring is 1. The van der Waals surface area contributed by atoms with E-state index in [1.54, 1.807) is 7.11 Å². The van der Waals surface area contributed by atoms with Gasteiger partial charge in [0.25, 0.3) is 0 Å². The van der Waals surface area contributed by atoms with Gasteiger partial charge in [-0.05, 0) is 53.6 Å². The van der Waals surface area contributed by atoms with E-state index in [2.05, 4.69) is 65.3 Å². The zero-order valence-corrected chi connectivity index (χ0v) is 19.5. The van der Waals surface area contributed by atoms with E-state index < -0.39 is 0 Å². The lowest BCUT2D eigenvalue weighted by molar-refractivity contribution is 0.407. The standard InChI is InChI=1S/C27H27BrN2O/c1-3-10-20(17-19-13-7-8-16-23(19)31-2)24-25(18-11-5-4-6-12-18)27(29)30-22-15-9-14-21(28)26(22)24/h4-9,11-16,20H,3,10,17H2,1-2H3,(H2,29,30). The molecule has 1 aromatic heterocycles. The first-order valence-corrected chi connectivity index (χ1v) is 11.5. The number of aromatic nitrogens is 1. The number of hydrogen-bond donors (Lipinski definition) is 1. The van der Waals surface area contributed by atoms with Crippen molar-refractivity contribution in [1.82, 2.24) is 4.98 Å². The van der Waals surface area contributed by atoms with Crippen molar-refractivity contribution in [3.8, 4) is 16.9 Å². The lowest BCUT2D eigenvalue weighted by Gasteiger charge is -2.25. The molecule has 158 valence electrons. The molecule has 1 unspecified atom stereocenters. The Balaban J connectivity index is 2.00. The molecule has 0 aliphatic rings. The summed E-state index contributed by atoms with van der Waals surface area (Å²) in [6, 6.07) is 24.8. The molecule has 3 aromatic carbocycles. The zero-order chi connectivity index (χ0) is 21.8. The minimum absolute atomic E-state index is 0.267. The van der Waals surface area contributed by atoms with E-state index in [1.165, 1.54) is 11.1 Å². The van der Waals surface area contributed by atoms with E-state index >= 15 is 0 Å². The van der Waals surface area contributed by atoms with Crippen LogP contribution in [0.3, 0.4) is 0 Å². The van der Waals surface area contributed by atoms with Crippen LogP contribution >= 0.6 is 15.9 Å². The number of rotatable bonds is 7. The second-order valence-electron chi connectivity index (χ2n) is 7.79. The summed E-state index contributed by atoms with van der Waals surface area (Å²) in [5.41, 5.74) is 12.1. The number of nitrogens with zero attached hydrogens (tertiary/aromatic N) is 1. The number of ether oxygens (including phenoxy) is 1. The topological polar surface area (TPSA) is 48.1 Å². The number of halogens is 1. The van der Waals surface area contributed by atoms with Crippen LogP contribution in [-0.2, 0) is 6.42 Å². The Morgan fingerprint density at radius 2 is 1.71 bits per heavy atom. The normalized spacial score (nSPS) is 12.1. The second kappa shape index (κ2) is 9.52. The Morgan fingerprint density at radius 1 is 0.968 bits per heavy atom. The molecule has 0 fully saturated rings. The average molecular weight is 475 g/mol. The Labute approximate surface area is 192 Å². The lowest BCUT2D eigenvalue weighted by atomic mass is 9.82. The summed E-state index contributed by atoms with van der Waals surface area (Å²) < 4.78 is 6.71. The van der Waals surface area contributed by atoms with Gasteiger partial charge in [-0.2, -0.15) is 0 Å². The fraction of sp³-hybridized carbons (Fsp3) is 0.222. The fourth-order valence-corrected chi connectivity index (χ4v) is 5.04. The highest BCUT2D eigenvalue weighted by molar-refractivity contribution is 9.10. The van der Waals surface area contributed by atoms with Gasteiger partial charge < -0.3 is 10.5 Å². The van der Waals surface area contributed by atoms with Gasteiger partial charge in [0.2, 0.25) is 0 Å². The molecule has 0 radical (unpaired) electrons. The van der Waals surface area contributed by atoms with Crippen molar-refractivity contribution < 1.29 is 4.74 Å². The molecule has 0 aliphatic heterocycles. The summed E-state index contributed by atoms with van der Waals surface area (Å²) in [6.45, 7) is 2.24. The molecule has 0 amide bonds. The zero-order valence-electron chi connectivity index (χ0n) is 17.9. The highest BCUT2D eigenvalue weighted by Crippen LogP contribution is 2.44. The van der Waals surface area contributed by atoms with Crippen LogP contribution in [0.1, 0.15) is 36.8 Å². The lowest BCUT2D eigenvalue weighted by Crippen LogP contribution is -2.10. The maximum atomic E-state index is 6.60. The molecule has 0 bridgehead atoms. The van der Waals surface area contributed by atoms with Gasteiger partial charge in [0.1, 0.15) is 11.6 Å². The van der Waals surface area contributed by atoms with E-state index in [0.717, 1.165) is 51.5 Å². The van der Waals surface area contributed by atoms with Gasteiger partial charge in [-0.1, -0.05) is 83.9 Å². The van der Waals surface area contributed by atoms with E-state index in [1.807, 2.05) is 30.3 Å². The van der Waals surface area contributed by atoms with E-state index in [9.17, 15) is 0 Å². The number of anilines is 1. The summed E-state index contributed by atoms with van der Waals surface area (Å²) in [7, 11) is 1.74. The first-order chi connectivity index (χ1) is 15.1.